The number of anilines is 1. The molecule has 0 spiro atoms. The lowest BCUT2D eigenvalue weighted by atomic mass is 10.2. The molecule has 0 radical (unpaired) electrons. The van der Waals surface area contributed by atoms with E-state index in [0.717, 1.165) is 17.0 Å². The summed E-state index contributed by atoms with van der Waals surface area (Å²) >= 11 is 0. The van der Waals surface area contributed by atoms with Crippen molar-refractivity contribution in [3.05, 3.63) is 30.1 Å². The zero-order valence-corrected chi connectivity index (χ0v) is 11.6. The van der Waals surface area contributed by atoms with E-state index in [1.807, 2.05) is 0 Å². The van der Waals surface area contributed by atoms with E-state index in [2.05, 4.69) is 0 Å². The number of amides is 6. The molecular formula is C13H13FN4O4. The van der Waals surface area contributed by atoms with Crippen LogP contribution >= 0.6 is 0 Å². The number of primary amides is 1. The van der Waals surface area contributed by atoms with Gasteiger partial charge in [0.15, 0.2) is 0 Å². The molecule has 22 heavy (non-hydrogen) atoms. The molecule has 0 aromatic heterocycles. The SMILES string of the molecule is C[C@H]1C(=O)N(CC(=O)NC(N)=O)C(=O)N1c1ccc(F)cc1. The Labute approximate surface area is 124 Å². The number of carbonyl (C=O) groups is 4. The minimum absolute atomic E-state index is 0.324. The first-order valence-corrected chi connectivity index (χ1v) is 6.30. The topological polar surface area (TPSA) is 113 Å². The van der Waals surface area contributed by atoms with Crippen molar-refractivity contribution in [2.75, 3.05) is 11.4 Å². The van der Waals surface area contributed by atoms with Gasteiger partial charge < -0.3 is 5.73 Å². The number of nitrogens with two attached hydrogens (primary N) is 1. The number of hydrogen-bond donors (Lipinski definition) is 2. The van der Waals surface area contributed by atoms with Crippen LogP contribution in [0.5, 0.6) is 0 Å². The van der Waals surface area contributed by atoms with Gasteiger partial charge in [-0.25, -0.2) is 14.0 Å². The van der Waals surface area contributed by atoms with E-state index < -0.39 is 42.3 Å². The molecular weight excluding hydrogens is 295 g/mol. The van der Waals surface area contributed by atoms with Gasteiger partial charge in [-0.1, -0.05) is 0 Å². The summed E-state index contributed by atoms with van der Waals surface area (Å²) in [6, 6.07) is 2.36. The van der Waals surface area contributed by atoms with Crippen LogP contribution in [0.2, 0.25) is 0 Å². The van der Waals surface area contributed by atoms with E-state index in [1.165, 1.54) is 19.1 Å². The fourth-order valence-electron chi connectivity index (χ4n) is 2.13. The lowest BCUT2D eigenvalue weighted by Gasteiger charge is -2.19. The van der Waals surface area contributed by atoms with Crippen molar-refractivity contribution in [2.24, 2.45) is 5.73 Å². The van der Waals surface area contributed by atoms with Gasteiger partial charge in [-0.2, -0.15) is 0 Å². The van der Waals surface area contributed by atoms with Crippen molar-refractivity contribution in [3.63, 3.8) is 0 Å². The third-order valence-electron chi connectivity index (χ3n) is 3.12. The Hall–Kier alpha value is -2.97. The van der Waals surface area contributed by atoms with Crippen LogP contribution in [-0.2, 0) is 9.59 Å². The van der Waals surface area contributed by atoms with Crippen molar-refractivity contribution < 1.29 is 23.6 Å². The Kier molecular flexibility index (Phi) is 4.06. The maximum atomic E-state index is 12.9. The van der Waals surface area contributed by atoms with Crippen LogP contribution in [0.4, 0.5) is 19.7 Å². The van der Waals surface area contributed by atoms with Gasteiger partial charge in [0.25, 0.3) is 5.91 Å². The molecule has 0 saturated carbocycles. The van der Waals surface area contributed by atoms with Crippen LogP contribution in [0, 0.1) is 5.82 Å². The molecule has 116 valence electrons. The van der Waals surface area contributed by atoms with Gasteiger partial charge >= 0.3 is 12.1 Å². The second kappa shape index (κ2) is 5.80. The second-order valence-electron chi connectivity index (χ2n) is 4.64. The summed E-state index contributed by atoms with van der Waals surface area (Å²) in [7, 11) is 0. The molecule has 1 fully saturated rings. The van der Waals surface area contributed by atoms with Gasteiger partial charge in [0.05, 0.1) is 0 Å². The molecule has 0 bridgehead atoms. The maximum absolute atomic E-state index is 12.9. The number of benzene rings is 1. The number of hydrogen-bond acceptors (Lipinski definition) is 4. The molecule has 0 unspecified atom stereocenters. The minimum atomic E-state index is -1.08. The van der Waals surface area contributed by atoms with E-state index in [9.17, 15) is 23.6 Å². The van der Waals surface area contributed by atoms with E-state index in [4.69, 9.17) is 5.73 Å². The first kappa shape index (κ1) is 15.4. The molecule has 3 N–H and O–H groups in total. The van der Waals surface area contributed by atoms with Crippen molar-refractivity contribution >= 4 is 29.6 Å². The fraction of sp³-hybridized carbons (Fsp3) is 0.231. The summed E-state index contributed by atoms with van der Waals surface area (Å²) in [4.78, 5) is 48.2. The zero-order valence-electron chi connectivity index (χ0n) is 11.6. The van der Waals surface area contributed by atoms with Gasteiger partial charge in [0.2, 0.25) is 5.91 Å². The third kappa shape index (κ3) is 2.87. The summed E-state index contributed by atoms with van der Waals surface area (Å²) in [5, 5.41) is 1.77. The molecule has 1 heterocycles. The smallest absolute Gasteiger partial charge is 0.332 e. The first-order valence-electron chi connectivity index (χ1n) is 6.30. The number of nitrogens with zero attached hydrogens (tertiary/aromatic N) is 2. The standard InChI is InChI=1S/C13H13FN4O4/c1-7-11(20)17(6-10(19)16-12(15)21)13(22)18(7)9-4-2-8(14)3-5-9/h2-5,7H,6H2,1H3,(H3,15,16,19,21)/t7-/m0/s1. The number of imide groups is 2. The largest absolute Gasteiger partial charge is 0.351 e. The van der Waals surface area contributed by atoms with Crippen LogP contribution in [-0.4, -0.2) is 41.4 Å². The van der Waals surface area contributed by atoms with Crippen LogP contribution < -0.4 is 16.0 Å². The second-order valence-corrected chi connectivity index (χ2v) is 4.64. The number of carbonyl (C=O) groups excluding carboxylic acids is 4. The summed E-state index contributed by atoms with van der Waals surface area (Å²) in [6.45, 7) is 0.859. The lowest BCUT2D eigenvalue weighted by molar-refractivity contribution is -0.131. The average molecular weight is 308 g/mol. The molecule has 6 amide bonds. The quantitative estimate of drug-likeness (QED) is 0.775. The minimum Gasteiger partial charge on any atom is -0.351 e. The first-order chi connectivity index (χ1) is 10.3. The van der Waals surface area contributed by atoms with E-state index in [1.54, 1.807) is 5.32 Å². The highest BCUT2D eigenvalue weighted by Crippen LogP contribution is 2.25. The normalized spacial score (nSPS) is 17.8. The molecule has 2 rings (SSSR count). The van der Waals surface area contributed by atoms with E-state index >= 15 is 0 Å². The Balaban J connectivity index is 2.20. The molecule has 8 nitrogen and oxygen atoms in total. The Bertz CT molecular complexity index is 646. The molecule has 1 saturated heterocycles. The lowest BCUT2D eigenvalue weighted by Crippen LogP contribution is -2.44. The number of urea groups is 2. The van der Waals surface area contributed by atoms with Crippen LogP contribution in [0.25, 0.3) is 0 Å². The number of nitrogens with one attached hydrogen (secondary N) is 1. The molecule has 1 aliphatic rings. The van der Waals surface area contributed by atoms with Crippen LogP contribution in [0.1, 0.15) is 6.92 Å². The van der Waals surface area contributed by atoms with E-state index in [-0.39, 0.29) is 0 Å². The average Bonchev–Trinajstić information content (AvgIpc) is 2.63. The monoisotopic (exact) mass is 308 g/mol. The maximum Gasteiger partial charge on any atom is 0.332 e. The van der Waals surface area contributed by atoms with E-state index in [0.29, 0.717) is 10.6 Å². The zero-order chi connectivity index (χ0) is 16.4. The summed E-state index contributed by atoms with van der Waals surface area (Å²) in [6.07, 6.45) is 0. The summed E-state index contributed by atoms with van der Waals surface area (Å²) in [5.74, 6) is -1.96. The van der Waals surface area contributed by atoms with Gasteiger partial charge in [0, 0.05) is 5.69 Å². The van der Waals surface area contributed by atoms with Gasteiger partial charge in [-0.05, 0) is 31.2 Å². The third-order valence-corrected chi connectivity index (χ3v) is 3.12. The van der Waals surface area contributed by atoms with Gasteiger partial charge in [0.1, 0.15) is 18.4 Å². The predicted molar refractivity (Wildman–Crippen MR) is 73.2 cm³/mol. The molecule has 1 aliphatic heterocycles. The van der Waals surface area contributed by atoms with Crippen molar-refractivity contribution in [1.82, 2.24) is 10.2 Å². The Morgan fingerprint density at radius 2 is 1.86 bits per heavy atom. The highest BCUT2D eigenvalue weighted by molar-refractivity contribution is 6.15. The van der Waals surface area contributed by atoms with Gasteiger partial charge in [-0.3, -0.25) is 24.7 Å². The van der Waals surface area contributed by atoms with Crippen molar-refractivity contribution in [3.8, 4) is 0 Å². The summed E-state index contributed by atoms with van der Waals surface area (Å²) in [5.41, 5.74) is 5.12. The number of rotatable bonds is 3. The fourth-order valence-corrected chi connectivity index (χ4v) is 2.13. The highest BCUT2D eigenvalue weighted by Gasteiger charge is 2.44. The molecule has 0 aliphatic carbocycles. The van der Waals surface area contributed by atoms with Crippen molar-refractivity contribution in [1.29, 1.82) is 0 Å². The Morgan fingerprint density at radius 1 is 1.27 bits per heavy atom. The van der Waals surface area contributed by atoms with Crippen LogP contribution in [0.3, 0.4) is 0 Å². The van der Waals surface area contributed by atoms with Crippen molar-refractivity contribution in [2.45, 2.75) is 13.0 Å². The predicted octanol–water partition coefficient (Wildman–Crippen LogP) is 0.178. The van der Waals surface area contributed by atoms with Crippen LogP contribution in [0.15, 0.2) is 24.3 Å². The Morgan fingerprint density at radius 3 is 2.41 bits per heavy atom. The molecule has 1 atom stereocenters. The molecule has 9 heteroatoms. The molecule has 1 aromatic rings. The number of halogens is 1. The molecule has 1 aromatic carbocycles. The highest BCUT2D eigenvalue weighted by atomic mass is 19.1. The van der Waals surface area contributed by atoms with Gasteiger partial charge in [-0.15, -0.1) is 0 Å². The summed E-state index contributed by atoms with van der Waals surface area (Å²) < 4.78 is 12.9.